The molecule has 0 radical (unpaired) electrons. The Morgan fingerprint density at radius 3 is 2.55 bits per heavy atom. The highest BCUT2D eigenvalue weighted by atomic mass is 32.2. The smallest absolute Gasteiger partial charge is 0.468 e. The number of carbonyl (C=O) groups excluding carboxylic acids is 1. The largest absolute Gasteiger partial charge is 0.573 e. The molecule has 0 N–H and O–H groups in total. The molecule has 0 bridgehead atoms. The van der Waals surface area contributed by atoms with E-state index in [0.29, 0.717) is 5.75 Å². The highest BCUT2D eigenvalue weighted by molar-refractivity contribution is 8.00. The molecule has 0 aromatic heterocycles. The van der Waals surface area contributed by atoms with Gasteiger partial charge in [0.05, 0.1) is 7.11 Å². The van der Waals surface area contributed by atoms with E-state index in [-0.39, 0.29) is 5.75 Å². The van der Waals surface area contributed by atoms with E-state index in [2.05, 4.69) is 9.47 Å². The van der Waals surface area contributed by atoms with Crippen LogP contribution in [0, 0.1) is 0 Å². The molecule has 1 atom stereocenters. The van der Waals surface area contributed by atoms with Crippen molar-refractivity contribution in [2.45, 2.75) is 18.7 Å². The molecule has 4 nitrogen and oxygen atoms in total. The first kappa shape index (κ1) is 16.5. The van der Waals surface area contributed by atoms with Gasteiger partial charge in [-0.3, -0.25) is 0 Å². The summed E-state index contributed by atoms with van der Waals surface area (Å²) < 4.78 is 49.9. The van der Waals surface area contributed by atoms with Crippen LogP contribution >= 0.6 is 11.8 Å². The first-order valence-corrected chi connectivity index (χ1v) is 6.62. The zero-order valence-electron chi connectivity index (χ0n) is 10.8. The summed E-state index contributed by atoms with van der Waals surface area (Å²) in [4.78, 5) is 11.4. The Kier molecular flexibility index (Phi) is 6.00. The number of hydrogen-bond acceptors (Lipinski definition) is 5. The van der Waals surface area contributed by atoms with Crippen molar-refractivity contribution in [3.63, 3.8) is 0 Å². The lowest BCUT2D eigenvalue weighted by Crippen LogP contribution is -2.25. The molecule has 112 valence electrons. The number of halogens is 3. The molecule has 8 heteroatoms. The van der Waals surface area contributed by atoms with Crippen molar-refractivity contribution < 1.29 is 32.2 Å². The molecule has 0 amide bonds. The normalized spacial score (nSPS) is 12.7. The molecule has 0 aliphatic rings. The van der Waals surface area contributed by atoms with Crippen LogP contribution in [-0.2, 0) is 9.53 Å². The third-order valence-electron chi connectivity index (χ3n) is 1.99. The van der Waals surface area contributed by atoms with Gasteiger partial charge in [0, 0.05) is 6.07 Å². The second-order valence-electron chi connectivity index (χ2n) is 3.45. The lowest BCUT2D eigenvalue weighted by molar-refractivity contribution is -0.274. The second-order valence-corrected chi connectivity index (χ2v) is 4.79. The molecule has 0 spiro atoms. The first-order valence-electron chi connectivity index (χ1n) is 5.57. The fourth-order valence-corrected chi connectivity index (χ4v) is 1.98. The minimum atomic E-state index is -4.78. The van der Waals surface area contributed by atoms with Gasteiger partial charge in [-0.1, -0.05) is 13.0 Å². The quantitative estimate of drug-likeness (QED) is 0.596. The van der Waals surface area contributed by atoms with Gasteiger partial charge in [-0.2, -0.15) is 0 Å². The number of ether oxygens (including phenoxy) is 3. The molecule has 0 saturated heterocycles. The van der Waals surface area contributed by atoms with E-state index in [0.717, 1.165) is 23.9 Å². The van der Waals surface area contributed by atoms with Crippen LogP contribution in [0.25, 0.3) is 0 Å². The zero-order chi connectivity index (χ0) is 15.2. The number of esters is 1. The van der Waals surface area contributed by atoms with Crippen LogP contribution in [0.4, 0.5) is 13.2 Å². The molecule has 0 aliphatic heterocycles. The third kappa shape index (κ3) is 5.60. The van der Waals surface area contributed by atoms with E-state index in [4.69, 9.17) is 4.74 Å². The van der Waals surface area contributed by atoms with Gasteiger partial charge in [-0.25, -0.2) is 4.79 Å². The van der Waals surface area contributed by atoms with Gasteiger partial charge in [-0.15, -0.1) is 24.9 Å². The third-order valence-corrected chi connectivity index (χ3v) is 2.92. The summed E-state index contributed by atoms with van der Waals surface area (Å²) >= 11 is 1.16. The number of benzene rings is 1. The number of hydrogen-bond donors (Lipinski definition) is 0. The molecule has 1 rings (SSSR count). The Hall–Kier alpha value is -1.57. The Morgan fingerprint density at radius 2 is 2.00 bits per heavy atom. The minimum absolute atomic E-state index is 0.0862. The van der Waals surface area contributed by atoms with E-state index in [1.807, 2.05) is 6.92 Å². The van der Waals surface area contributed by atoms with Gasteiger partial charge in [-0.05, 0) is 17.9 Å². The first-order chi connectivity index (χ1) is 9.35. The summed E-state index contributed by atoms with van der Waals surface area (Å²) in [7, 11) is 1.21. The Bertz CT molecular complexity index is 451. The fraction of sp³-hybridized carbons (Fsp3) is 0.417. The average molecular weight is 310 g/mol. The maximum atomic E-state index is 12.1. The number of methoxy groups -OCH3 is 1. The van der Waals surface area contributed by atoms with Crippen molar-refractivity contribution in [3.05, 3.63) is 24.3 Å². The van der Waals surface area contributed by atoms with Crippen molar-refractivity contribution in [3.8, 4) is 11.5 Å². The Labute approximate surface area is 118 Å². The van der Waals surface area contributed by atoms with E-state index in [9.17, 15) is 18.0 Å². The molecule has 0 fully saturated rings. The lowest BCUT2D eigenvalue weighted by Gasteiger charge is -2.16. The topological polar surface area (TPSA) is 44.8 Å². The van der Waals surface area contributed by atoms with Crippen molar-refractivity contribution in [2.75, 3.05) is 12.9 Å². The van der Waals surface area contributed by atoms with Gasteiger partial charge in [0.15, 0.2) is 0 Å². The monoisotopic (exact) mass is 310 g/mol. The molecular formula is C12H13F3O4S. The molecule has 1 unspecified atom stereocenters. The SMILES string of the molecule is CCSC(Oc1cccc(OC(F)(F)F)c1)C(=O)OC. The number of thioether (sulfide) groups is 1. The lowest BCUT2D eigenvalue weighted by atomic mass is 10.3. The van der Waals surface area contributed by atoms with Crippen LogP contribution in [0.1, 0.15) is 6.92 Å². The van der Waals surface area contributed by atoms with Gasteiger partial charge in [0.2, 0.25) is 5.44 Å². The molecule has 20 heavy (non-hydrogen) atoms. The maximum absolute atomic E-state index is 12.1. The van der Waals surface area contributed by atoms with E-state index in [1.54, 1.807) is 0 Å². The van der Waals surface area contributed by atoms with E-state index in [1.165, 1.54) is 19.2 Å². The Morgan fingerprint density at radius 1 is 1.35 bits per heavy atom. The number of carbonyl (C=O) groups is 1. The summed E-state index contributed by atoms with van der Waals surface area (Å²) in [5.41, 5.74) is -0.939. The van der Waals surface area contributed by atoms with Crippen molar-refractivity contribution in [2.24, 2.45) is 0 Å². The summed E-state index contributed by atoms with van der Waals surface area (Å²) in [6, 6.07) is 4.96. The molecule has 0 aliphatic carbocycles. The van der Waals surface area contributed by atoms with Crippen LogP contribution in [0.2, 0.25) is 0 Å². The molecule has 1 aromatic rings. The Balaban J connectivity index is 2.80. The number of rotatable bonds is 6. The predicted molar refractivity (Wildman–Crippen MR) is 67.7 cm³/mol. The molecule has 1 aromatic carbocycles. The average Bonchev–Trinajstić information content (AvgIpc) is 2.35. The second kappa shape index (κ2) is 7.28. The van der Waals surface area contributed by atoms with Crippen LogP contribution in [0.15, 0.2) is 24.3 Å². The summed E-state index contributed by atoms with van der Waals surface area (Å²) in [6.45, 7) is 1.81. The van der Waals surface area contributed by atoms with Gasteiger partial charge < -0.3 is 14.2 Å². The highest BCUT2D eigenvalue weighted by Gasteiger charge is 2.31. The van der Waals surface area contributed by atoms with E-state index >= 15 is 0 Å². The summed E-state index contributed by atoms with van der Waals surface area (Å²) in [5.74, 6) is -0.361. The van der Waals surface area contributed by atoms with Crippen molar-refractivity contribution in [1.82, 2.24) is 0 Å². The minimum Gasteiger partial charge on any atom is -0.468 e. The molecule has 0 heterocycles. The predicted octanol–water partition coefficient (Wildman–Crippen LogP) is 3.22. The van der Waals surface area contributed by atoms with Crippen LogP contribution in [0.3, 0.4) is 0 Å². The van der Waals surface area contributed by atoms with Crippen LogP contribution in [-0.4, -0.2) is 30.6 Å². The highest BCUT2D eigenvalue weighted by Crippen LogP contribution is 2.27. The van der Waals surface area contributed by atoms with Crippen LogP contribution < -0.4 is 9.47 Å². The molecule has 0 saturated carbocycles. The zero-order valence-corrected chi connectivity index (χ0v) is 11.6. The molecular weight excluding hydrogens is 297 g/mol. The van der Waals surface area contributed by atoms with Gasteiger partial charge >= 0.3 is 12.3 Å². The standard InChI is InChI=1S/C12H13F3O4S/c1-3-20-11(10(16)17-2)18-8-5-4-6-9(7-8)19-12(13,14)15/h4-7,11H,3H2,1-2H3. The van der Waals surface area contributed by atoms with Gasteiger partial charge in [0.1, 0.15) is 11.5 Å². The fourth-order valence-electron chi connectivity index (χ4n) is 1.27. The van der Waals surface area contributed by atoms with Crippen LogP contribution in [0.5, 0.6) is 11.5 Å². The summed E-state index contributed by atoms with van der Waals surface area (Å²) in [6.07, 6.45) is -4.78. The van der Waals surface area contributed by atoms with Crippen molar-refractivity contribution in [1.29, 1.82) is 0 Å². The van der Waals surface area contributed by atoms with Gasteiger partial charge in [0.25, 0.3) is 0 Å². The van der Waals surface area contributed by atoms with Crippen molar-refractivity contribution >= 4 is 17.7 Å². The number of alkyl halides is 3. The maximum Gasteiger partial charge on any atom is 0.573 e. The summed E-state index contributed by atoms with van der Waals surface area (Å²) in [5, 5.41) is 0. The van der Waals surface area contributed by atoms with E-state index < -0.39 is 23.5 Å².